The second-order valence-corrected chi connectivity index (χ2v) is 5.09. The van der Waals surface area contributed by atoms with E-state index in [0.717, 1.165) is 10.5 Å². The summed E-state index contributed by atoms with van der Waals surface area (Å²) in [4.78, 5) is 11.7. The van der Waals surface area contributed by atoms with Gasteiger partial charge in [0, 0.05) is 10.2 Å². The summed E-state index contributed by atoms with van der Waals surface area (Å²) in [6.45, 7) is 0.211. The number of ether oxygens (including phenoxy) is 2. The molecule has 0 bridgehead atoms. The van der Waals surface area contributed by atoms with Crippen molar-refractivity contribution in [2.45, 2.75) is 0 Å². The average Bonchev–Trinajstić information content (AvgIpc) is 2.45. The molecular formula is C15H13BrFNO3. The SMILES string of the molecule is Nc1ccc(C(=O)OCCOc2ccc(Br)cc2)c(F)c1. The fourth-order valence-electron chi connectivity index (χ4n) is 1.60. The number of esters is 1. The Kier molecular flexibility index (Phi) is 5.16. The van der Waals surface area contributed by atoms with Crippen molar-refractivity contribution in [2.75, 3.05) is 18.9 Å². The Morgan fingerprint density at radius 3 is 2.52 bits per heavy atom. The lowest BCUT2D eigenvalue weighted by atomic mass is 10.2. The van der Waals surface area contributed by atoms with Crippen molar-refractivity contribution in [1.29, 1.82) is 0 Å². The first-order chi connectivity index (χ1) is 10.1. The van der Waals surface area contributed by atoms with Crippen LogP contribution in [0.5, 0.6) is 5.75 Å². The minimum atomic E-state index is -0.744. The topological polar surface area (TPSA) is 61.6 Å². The molecule has 0 unspecified atom stereocenters. The maximum atomic E-state index is 13.5. The highest BCUT2D eigenvalue weighted by atomic mass is 79.9. The number of rotatable bonds is 5. The van der Waals surface area contributed by atoms with Gasteiger partial charge in [-0.25, -0.2) is 9.18 Å². The smallest absolute Gasteiger partial charge is 0.341 e. The number of hydrogen-bond donors (Lipinski definition) is 1. The molecule has 2 aromatic carbocycles. The van der Waals surface area contributed by atoms with Crippen molar-refractivity contribution in [1.82, 2.24) is 0 Å². The number of carbonyl (C=O) groups is 1. The summed E-state index contributed by atoms with van der Waals surface area (Å²) < 4.78 is 24.8. The summed E-state index contributed by atoms with van der Waals surface area (Å²) in [5.74, 6) is -0.784. The number of benzene rings is 2. The lowest BCUT2D eigenvalue weighted by Gasteiger charge is -2.08. The number of nitrogens with two attached hydrogens (primary N) is 1. The molecule has 0 amide bonds. The van der Waals surface area contributed by atoms with Crippen molar-refractivity contribution < 1.29 is 18.7 Å². The highest BCUT2D eigenvalue weighted by Crippen LogP contribution is 2.16. The van der Waals surface area contributed by atoms with Crippen molar-refractivity contribution >= 4 is 27.6 Å². The molecule has 110 valence electrons. The lowest BCUT2D eigenvalue weighted by Crippen LogP contribution is -2.13. The first kappa shape index (κ1) is 15.3. The second-order valence-electron chi connectivity index (χ2n) is 4.18. The first-order valence-electron chi connectivity index (χ1n) is 6.17. The fourth-order valence-corrected chi connectivity index (χ4v) is 1.86. The monoisotopic (exact) mass is 353 g/mol. The Morgan fingerprint density at radius 2 is 1.86 bits per heavy atom. The van der Waals surface area contributed by atoms with Crippen LogP contribution in [0.3, 0.4) is 0 Å². The molecule has 0 aromatic heterocycles. The molecule has 0 aliphatic heterocycles. The van der Waals surface area contributed by atoms with E-state index in [1.165, 1.54) is 12.1 Å². The molecular weight excluding hydrogens is 341 g/mol. The molecule has 0 heterocycles. The van der Waals surface area contributed by atoms with Crippen LogP contribution in [0.1, 0.15) is 10.4 Å². The molecule has 0 saturated carbocycles. The molecule has 2 rings (SSSR count). The van der Waals surface area contributed by atoms with Crippen LogP contribution < -0.4 is 10.5 Å². The van der Waals surface area contributed by atoms with E-state index in [0.29, 0.717) is 5.75 Å². The molecule has 0 fully saturated rings. The standard InChI is InChI=1S/C15H13BrFNO3/c16-10-1-4-12(5-2-10)20-7-8-21-15(19)13-6-3-11(18)9-14(13)17/h1-6,9H,7-8,18H2. The highest BCUT2D eigenvalue weighted by molar-refractivity contribution is 9.10. The van der Waals surface area contributed by atoms with Gasteiger partial charge in [-0.15, -0.1) is 0 Å². The van der Waals surface area contributed by atoms with Gasteiger partial charge in [-0.3, -0.25) is 0 Å². The Labute approximate surface area is 129 Å². The Morgan fingerprint density at radius 1 is 1.14 bits per heavy atom. The third kappa shape index (κ3) is 4.46. The molecule has 0 radical (unpaired) electrons. The van der Waals surface area contributed by atoms with Gasteiger partial charge in [0.1, 0.15) is 24.8 Å². The minimum absolute atomic E-state index is 0.0265. The van der Waals surface area contributed by atoms with Gasteiger partial charge in [0.2, 0.25) is 0 Å². The fraction of sp³-hybridized carbons (Fsp3) is 0.133. The van der Waals surface area contributed by atoms with Gasteiger partial charge in [0.05, 0.1) is 5.56 Å². The van der Waals surface area contributed by atoms with Gasteiger partial charge >= 0.3 is 5.97 Å². The molecule has 0 aliphatic rings. The van der Waals surface area contributed by atoms with E-state index in [-0.39, 0.29) is 24.5 Å². The van der Waals surface area contributed by atoms with E-state index in [9.17, 15) is 9.18 Å². The second kappa shape index (κ2) is 7.08. The number of hydrogen-bond acceptors (Lipinski definition) is 4. The van der Waals surface area contributed by atoms with Gasteiger partial charge < -0.3 is 15.2 Å². The van der Waals surface area contributed by atoms with Crippen molar-refractivity contribution in [3.63, 3.8) is 0 Å². The van der Waals surface area contributed by atoms with Crippen LogP contribution in [-0.4, -0.2) is 19.2 Å². The zero-order chi connectivity index (χ0) is 15.2. The van der Waals surface area contributed by atoms with Crippen LogP contribution in [0.4, 0.5) is 10.1 Å². The summed E-state index contributed by atoms with van der Waals surface area (Å²) in [7, 11) is 0. The number of anilines is 1. The van der Waals surface area contributed by atoms with Crippen molar-refractivity contribution in [3.05, 3.63) is 58.3 Å². The average molecular weight is 354 g/mol. The van der Waals surface area contributed by atoms with Gasteiger partial charge in [-0.2, -0.15) is 0 Å². The Balaban J connectivity index is 1.80. The number of nitrogen functional groups attached to an aromatic ring is 1. The van der Waals surface area contributed by atoms with Crippen molar-refractivity contribution in [2.24, 2.45) is 0 Å². The molecule has 2 aromatic rings. The number of carbonyl (C=O) groups excluding carboxylic acids is 1. The third-order valence-corrected chi connectivity index (χ3v) is 3.14. The van der Waals surface area contributed by atoms with E-state index >= 15 is 0 Å². The molecule has 21 heavy (non-hydrogen) atoms. The summed E-state index contributed by atoms with van der Waals surface area (Å²) in [5, 5.41) is 0. The Hall–Kier alpha value is -2.08. The first-order valence-corrected chi connectivity index (χ1v) is 6.96. The van der Waals surface area contributed by atoms with Crippen LogP contribution in [0.15, 0.2) is 46.9 Å². The van der Waals surface area contributed by atoms with Gasteiger partial charge in [0.25, 0.3) is 0 Å². The normalized spacial score (nSPS) is 10.2. The van der Waals surface area contributed by atoms with E-state index in [2.05, 4.69) is 15.9 Å². The van der Waals surface area contributed by atoms with E-state index in [4.69, 9.17) is 15.2 Å². The van der Waals surface area contributed by atoms with Crippen LogP contribution in [0, 0.1) is 5.82 Å². The van der Waals surface area contributed by atoms with E-state index < -0.39 is 11.8 Å². The van der Waals surface area contributed by atoms with E-state index in [1.54, 1.807) is 12.1 Å². The molecule has 4 nitrogen and oxygen atoms in total. The van der Waals surface area contributed by atoms with E-state index in [1.807, 2.05) is 12.1 Å². The molecule has 0 spiro atoms. The lowest BCUT2D eigenvalue weighted by molar-refractivity contribution is 0.0445. The minimum Gasteiger partial charge on any atom is -0.490 e. The van der Waals surface area contributed by atoms with Crippen LogP contribution in [0.2, 0.25) is 0 Å². The third-order valence-electron chi connectivity index (χ3n) is 2.61. The number of halogens is 2. The molecule has 0 aliphatic carbocycles. The van der Waals surface area contributed by atoms with Crippen LogP contribution in [-0.2, 0) is 4.74 Å². The summed E-state index contributed by atoms with van der Waals surface area (Å²) in [6.07, 6.45) is 0. The van der Waals surface area contributed by atoms with Crippen molar-refractivity contribution in [3.8, 4) is 5.75 Å². The molecule has 2 N–H and O–H groups in total. The maximum absolute atomic E-state index is 13.5. The van der Waals surface area contributed by atoms with Gasteiger partial charge in [-0.1, -0.05) is 15.9 Å². The zero-order valence-electron chi connectivity index (χ0n) is 11.0. The highest BCUT2D eigenvalue weighted by Gasteiger charge is 2.13. The van der Waals surface area contributed by atoms with Gasteiger partial charge in [0.15, 0.2) is 0 Å². The van der Waals surface area contributed by atoms with Crippen LogP contribution in [0.25, 0.3) is 0 Å². The quantitative estimate of drug-likeness (QED) is 0.508. The molecule has 0 atom stereocenters. The maximum Gasteiger partial charge on any atom is 0.341 e. The zero-order valence-corrected chi connectivity index (χ0v) is 12.6. The molecule has 0 saturated heterocycles. The summed E-state index contributed by atoms with van der Waals surface area (Å²) in [6, 6.07) is 11.1. The Bertz CT molecular complexity index is 631. The van der Waals surface area contributed by atoms with Gasteiger partial charge in [-0.05, 0) is 42.5 Å². The summed E-state index contributed by atoms with van der Waals surface area (Å²) in [5.41, 5.74) is 5.52. The largest absolute Gasteiger partial charge is 0.490 e. The van der Waals surface area contributed by atoms with Crippen LogP contribution >= 0.6 is 15.9 Å². The summed E-state index contributed by atoms with van der Waals surface area (Å²) >= 11 is 3.31. The predicted octanol–water partition coefficient (Wildman–Crippen LogP) is 3.41. The molecule has 6 heteroatoms. The predicted molar refractivity (Wildman–Crippen MR) is 80.7 cm³/mol.